The van der Waals surface area contributed by atoms with E-state index < -0.39 is 0 Å². The summed E-state index contributed by atoms with van der Waals surface area (Å²) in [5.74, 6) is 3.66. The number of hydrogen-bond donors (Lipinski definition) is 1. The lowest BCUT2D eigenvalue weighted by Crippen LogP contribution is -2.27. The molecule has 1 aromatic heterocycles. The molecule has 3 atom stereocenters. The second-order valence-electron chi connectivity index (χ2n) is 5.85. The van der Waals surface area contributed by atoms with Gasteiger partial charge in [-0.2, -0.15) is 9.97 Å². The fraction of sp³-hybridized carbons (Fsp3) is 0.786. The van der Waals surface area contributed by atoms with E-state index in [1.165, 1.54) is 44.9 Å². The predicted molar refractivity (Wildman–Crippen MR) is 78.1 cm³/mol. The molecule has 3 rings (SSSR count). The van der Waals surface area contributed by atoms with Crippen molar-refractivity contribution in [1.82, 2.24) is 15.0 Å². The van der Waals surface area contributed by atoms with E-state index in [1.807, 2.05) is 6.26 Å². The fourth-order valence-electron chi connectivity index (χ4n) is 3.77. The van der Waals surface area contributed by atoms with Gasteiger partial charge in [0.2, 0.25) is 5.95 Å². The van der Waals surface area contributed by atoms with Crippen molar-refractivity contribution in [3.63, 3.8) is 0 Å². The lowest BCUT2D eigenvalue weighted by molar-refractivity contribution is 0.152. The maximum atomic E-state index is 5.80. The van der Waals surface area contributed by atoms with Gasteiger partial charge >= 0.3 is 0 Å². The molecule has 5 heteroatoms. The highest BCUT2D eigenvalue weighted by Crippen LogP contribution is 2.45. The van der Waals surface area contributed by atoms with Gasteiger partial charge in [-0.15, -0.1) is 0 Å². The third kappa shape index (κ3) is 2.86. The topological polar surface area (TPSA) is 64.7 Å². The van der Waals surface area contributed by atoms with Crippen LogP contribution in [0.15, 0.2) is 5.16 Å². The van der Waals surface area contributed by atoms with E-state index in [9.17, 15) is 0 Å². The van der Waals surface area contributed by atoms with E-state index in [2.05, 4.69) is 15.0 Å². The molecule has 1 aromatic rings. The Labute approximate surface area is 119 Å². The van der Waals surface area contributed by atoms with Crippen molar-refractivity contribution in [2.45, 2.75) is 56.0 Å². The highest BCUT2D eigenvalue weighted by atomic mass is 32.2. The Hall–Kier alpha value is -0.840. The second kappa shape index (κ2) is 5.65. The second-order valence-corrected chi connectivity index (χ2v) is 6.63. The summed E-state index contributed by atoms with van der Waals surface area (Å²) in [6.45, 7) is 0. The summed E-state index contributed by atoms with van der Waals surface area (Å²) in [7, 11) is 0. The van der Waals surface area contributed by atoms with Crippen molar-refractivity contribution >= 4 is 17.7 Å². The van der Waals surface area contributed by atoms with Crippen LogP contribution in [-0.2, 0) is 0 Å². The first-order chi connectivity index (χ1) is 9.26. The molecule has 0 aromatic carbocycles. The number of nitrogens with two attached hydrogens (primary N) is 1. The number of nitrogens with zero attached hydrogens (tertiary/aromatic N) is 3. The zero-order valence-electron chi connectivity index (χ0n) is 11.5. The van der Waals surface area contributed by atoms with Gasteiger partial charge < -0.3 is 5.73 Å². The van der Waals surface area contributed by atoms with E-state index in [4.69, 9.17) is 5.73 Å². The fourth-order valence-corrected chi connectivity index (χ4v) is 4.14. The van der Waals surface area contributed by atoms with Gasteiger partial charge in [-0.3, -0.25) is 0 Å². The SMILES string of the molecule is CSc1nc(N)nc(C2CCC3CCCCC3C2)n1. The third-order valence-corrected chi connectivity index (χ3v) is 5.28. The number of nitrogen functional groups attached to an aromatic ring is 1. The van der Waals surface area contributed by atoms with Crippen LogP contribution in [0, 0.1) is 11.8 Å². The molecular weight excluding hydrogens is 256 g/mol. The van der Waals surface area contributed by atoms with Crippen LogP contribution in [0.1, 0.15) is 56.7 Å². The third-order valence-electron chi connectivity index (χ3n) is 4.74. The summed E-state index contributed by atoms with van der Waals surface area (Å²) < 4.78 is 0. The Bertz CT molecular complexity index is 451. The molecule has 1 heterocycles. The van der Waals surface area contributed by atoms with Crippen LogP contribution in [0.5, 0.6) is 0 Å². The molecule has 2 fully saturated rings. The van der Waals surface area contributed by atoms with E-state index in [1.54, 1.807) is 11.8 Å². The average Bonchev–Trinajstić information content (AvgIpc) is 2.46. The lowest BCUT2D eigenvalue weighted by Gasteiger charge is -2.38. The quantitative estimate of drug-likeness (QED) is 0.841. The predicted octanol–water partition coefficient (Wildman–Crippen LogP) is 3.25. The van der Waals surface area contributed by atoms with E-state index in [0.717, 1.165) is 22.8 Å². The zero-order chi connectivity index (χ0) is 13.2. The highest BCUT2D eigenvalue weighted by molar-refractivity contribution is 7.98. The van der Waals surface area contributed by atoms with Crippen molar-refractivity contribution in [1.29, 1.82) is 0 Å². The van der Waals surface area contributed by atoms with Gasteiger partial charge in [-0.25, -0.2) is 4.98 Å². The molecule has 0 radical (unpaired) electrons. The lowest BCUT2D eigenvalue weighted by atomic mass is 9.67. The summed E-state index contributed by atoms with van der Waals surface area (Å²) in [5, 5.41) is 0.758. The molecule has 104 valence electrons. The molecule has 4 nitrogen and oxygen atoms in total. The van der Waals surface area contributed by atoms with Crippen LogP contribution in [0.4, 0.5) is 5.95 Å². The van der Waals surface area contributed by atoms with Crippen LogP contribution in [-0.4, -0.2) is 21.2 Å². The maximum absolute atomic E-state index is 5.80. The van der Waals surface area contributed by atoms with Crippen LogP contribution in [0.2, 0.25) is 0 Å². The standard InChI is InChI=1S/C14H22N4S/c1-19-14-17-12(16-13(15)18-14)11-7-6-9-4-2-3-5-10(9)8-11/h9-11H,2-8H2,1H3,(H2,15,16,17,18). The van der Waals surface area contributed by atoms with Gasteiger partial charge in [0.25, 0.3) is 0 Å². The van der Waals surface area contributed by atoms with Gasteiger partial charge in [0, 0.05) is 5.92 Å². The molecule has 0 bridgehead atoms. The number of thioether (sulfide) groups is 1. The minimum atomic E-state index is 0.375. The number of hydrogen-bond acceptors (Lipinski definition) is 5. The Morgan fingerprint density at radius 1 is 1.00 bits per heavy atom. The minimum absolute atomic E-state index is 0.375. The van der Waals surface area contributed by atoms with Gasteiger partial charge in [-0.1, -0.05) is 37.4 Å². The summed E-state index contributed by atoms with van der Waals surface area (Å²) in [6, 6.07) is 0. The van der Waals surface area contributed by atoms with Crippen LogP contribution in [0.3, 0.4) is 0 Å². The molecule has 19 heavy (non-hydrogen) atoms. The highest BCUT2D eigenvalue weighted by Gasteiger charge is 2.34. The van der Waals surface area contributed by atoms with E-state index >= 15 is 0 Å². The van der Waals surface area contributed by atoms with Crippen molar-refractivity contribution in [2.24, 2.45) is 11.8 Å². The summed E-state index contributed by atoms with van der Waals surface area (Å²) >= 11 is 1.54. The largest absolute Gasteiger partial charge is 0.368 e. The number of rotatable bonds is 2. The Kier molecular flexibility index (Phi) is 3.91. The van der Waals surface area contributed by atoms with Crippen molar-refractivity contribution in [3.8, 4) is 0 Å². The molecular formula is C14H22N4S. The molecule has 0 aliphatic heterocycles. The molecule has 2 aliphatic carbocycles. The van der Waals surface area contributed by atoms with Gasteiger partial charge in [0.1, 0.15) is 5.82 Å². The normalized spacial score (nSPS) is 30.9. The monoisotopic (exact) mass is 278 g/mol. The first-order valence-electron chi connectivity index (χ1n) is 7.31. The van der Waals surface area contributed by atoms with Gasteiger partial charge in [-0.05, 0) is 37.4 Å². The van der Waals surface area contributed by atoms with Crippen molar-refractivity contribution in [2.75, 3.05) is 12.0 Å². The molecule has 2 N–H and O–H groups in total. The Balaban J connectivity index is 1.77. The van der Waals surface area contributed by atoms with Crippen LogP contribution >= 0.6 is 11.8 Å². The maximum Gasteiger partial charge on any atom is 0.224 e. The van der Waals surface area contributed by atoms with Crippen LogP contribution < -0.4 is 5.73 Å². The minimum Gasteiger partial charge on any atom is -0.368 e. The van der Waals surface area contributed by atoms with Crippen molar-refractivity contribution < 1.29 is 0 Å². The molecule has 0 amide bonds. The van der Waals surface area contributed by atoms with Gasteiger partial charge in [0.15, 0.2) is 5.16 Å². The number of fused-ring (bicyclic) bond motifs is 1. The van der Waals surface area contributed by atoms with Crippen LogP contribution in [0.25, 0.3) is 0 Å². The number of anilines is 1. The summed E-state index contributed by atoms with van der Waals surface area (Å²) in [4.78, 5) is 13.1. The first-order valence-corrected chi connectivity index (χ1v) is 8.54. The molecule has 2 aliphatic rings. The molecule has 0 saturated heterocycles. The number of aromatic nitrogens is 3. The first kappa shape index (κ1) is 13.2. The zero-order valence-corrected chi connectivity index (χ0v) is 12.3. The van der Waals surface area contributed by atoms with Crippen molar-refractivity contribution in [3.05, 3.63) is 5.82 Å². The van der Waals surface area contributed by atoms with E-state index in [0.29, 0.717) is 11.9 Å². The smallest absolute Gasteiger partial charge is 0.224 e. The van der Waals surface area contributed by atoms with Gasteiger partial charge in [0.05, 0.1) is 0 Å². The average molecular weight is 278 g/mol. The summed E-state index contributed by atoms with van der Waals surface area (Å²) in [5.41, 5.74) is 5.80. The van der Waals surface area contributed by atoms with E-state index in [-0.39, 0.29) is 0 Å². The molecule has 0 spiro atoms. The Morgan fingerprint density at radius 3 is 2.58 bits per heavy atom. The molecule has 2 saturated carbocycles. The Morgan fingerprint density at radius 2 is 1.79 bits per heavy atom. The molecule has 3 unspecified atom stereocenters. The summed E-state index contributed by atoms with van der Waals surface area (Å²) in [6.07, 6.45) is 11.5.